The lowest BCUT2D eigenvalue weighted by Gasteiger charge is -2.29. The highest BCUT2D eigenvalue weighted by Crippen LogP contribution is 2.51. The maximum atomic E-state index is 13.0. The van der Waals surface area contributed by atoms with Gasteiger partial charge in [0.15, 0.2) is 0 Å². The molecule has 3 rings (SSSR count). The zero-order valence-corrected chi connectivity index (χ0v) is 15.8. The van der Waals surface area contributed by atoms with Crippen LogP contribution in [0.4, 0.5) is 0 Å². The van der Waals surface area contributed by atoms with Crippen LogP contribution >= 0.6 is 0 Å². The highest BCUT2D eigenvalue weighted by Gasteiger charge is 2.67. The van der Waals surface area contributed by atoms with E-state index in [0.717, 1.165) is 0 Å². The molecule has 0 aliphatic carbocycles. The summed E-state index contributed by atoms with van der Waals surface area (Å²) in [6, 6.07) is 17.2. The van der Waals surface area contributed by atoms with Crippen LogP contribution in [0.5, 0.6) is 0 Å². The van der Waals surface area contributed by atoms with Crippen LogP contribution < -0.4 is 0 Å². The number of ether oxygens (including phenoxy) is 2. The van der Waals surface area contributed by atoms with Gasteiger partial charge in [-0.2, -0.15) is 0 Å². The molecule has 1 saturated heterocycles. The van der Waals surface area contributed by atoms with Crippen LogP contribution in [-0.2, 0) is 23.9 Å². The molecule has 2 aromatic rings. The number of hydroxylamine groups is 2. The molecule has 0 saturated carbocycles. The summed E-state index contributed by atoms with van der Waals surface area (Å²) in [7, 11) is 0. The summed E-state index contributed by atoms with van der Waals surface area (Å²) < 4.78 is 10.4. The van der Waals surface area contributed by atoms with Gasteiger partial charge in [0.25, 0.3) is 5.60 Å². The molecule has 2 aromatic carbocycles. The molecule has 1 fully saturated rings. The summed E-state index contributed by atoms with van der Waals surface area (Å²) in [6.07, 6.45) is 0. The lowest BCUT2D eigenvalue weighted by molar-refractivity contribution is -0.356. The molecule has 28 heavy (non-hydrogen) atoms. The molecule has 0 amide bonds. The average Bonchev–Trinajstić information content (AvgIpc) is 3.04. The molecular formula is C21H23NO6. The van der Waals surface area contributed by atoms with Gasteiger partial charge in [0, 0.05) is 0 Å². The number of esters is 2. The highest BCUT2D eigenvalue weighted by atomic mass is 16.9. The second-order valence-corrected chi connectivity index (χ2v) is 6.31. The van der Waals surface area contributed by atoms with E-state index in [1.165, 1.54) is 0 Å². The summed E-state index contributed by atoms with van der Waals surface area (Å²) in [6.45, 7) is 3.36. The van der Waals surface area contributed by atoms with Crippen LogP contribution in [-0.4, -0.2) is 41.2 Å². The minimum Gasteiger partial charge on any atom is -0.463 e. The lowest BCUT2D eigenvalue weighted by atomic mass is 9.76. The standard InChI is InChI=1S/C21H23NO6/c1-3-26-19(23)21(20(24)27-4-2)17(15-11-7-5-8-12-15)18(22(25)28-21)16-13-9-6-10-14-16/h5-14,17-18,25H,3-4H2,1-2H3. The van der Waals surface area contributed by atoms with E-state index in [0.29, 0.717) is 16.4 Å². The third kappa shape index (κ3) is 3.40. The molecule has 1 aliphatic rings. The molecular weight excluding hydrogens is 362 g/mol. The predicted octanol–water partition coefficient (Wildman–Crippen LogP) is 3.01. The number of hydrogen-bond acceptors (Lipinski definition) is 7. The summed E-state index contributed by atoms with van der Waals surface area (Å²) in [4.78, 5) is 31.6. The topological polar surface area (TPSA) is 85.3 Å². The molecule has 148 valence electrons. The molecule has 0 radical (unpaired) electrons. The lowest BCUT2D eigenvalue weighted by Crippen LogP contribution is -2.53. The van der Waals surface area contributed by atoms with Gasteiger partial charge >= 0.3 is 11.9 Å². The monoisotopic (exact) mass is 385 g/mol. The Hall–Kier alpha value is -2.74. The van der Waals surface area contributed by atoms with Crippen molar-refractivity contribution in [1.82, 2.24) is 5.23 Å². The molecule has 0 bridgehead atoms. The number of rotatable bonds is 6. The first kappa shape index (κ1) is 20.0. The van der Waals surface area contributed by atoms with Crippen molar-refractivity contribution in [1.29, 1.82) is 0 Å². The van der Waals surface area contributed by atoms with E-state index >= 15 is 0 Å². The van der Waals surface area contributed by atoms with Gasteiger partial charge in [0.05, 0.1) is 25.2 Å². The van der Waals surface area contributed by atoms with Crippen LogP contribution in [0, 0.1) is 0 Å². The third-order valence-electron chi connectivity index (χ3n) is 4.69. The first-order chi connectivity index (χ1) is 13.6. The van der Waals surface area contributed by atoms with Crippen molar-refractivity contribution in [2.24, 2.45) is 0 Å². The minimum absolute atomic E-state index is 0.0479. The average molecular weight is 385 g/mol. The fourth-order valence-electron chi connectivity index (χ4n) is 3.55. The van der Waals surface area contributed by atoms with Crippen LogP contribution in [0.2, 0.25) is 0 Å². The van der Waals surface area contributed by atoms with Crippen molar-refractivity contribution >= 4 is 11.9 Å². The van der Waals surface area contributed by atoms with Crippen molar-refractivity contribution in [3.05, 3.63) is 71.8 Å². The molecule has 1 aliphatic heterocycles. The van der Waals surface area contributed by atoms with Crippen molar-refractivity contribution in [3.63, 3.8) is 0 Å². The van der Waals surface area contributed by atoms with Crippen molar-refractivity contribution < 1.29 is 29.1 Å². The fourth-order valence-corrected chi connectivity index (χ4v) is 3.55. The Morgan fingerprint density at radius 2 is 1.39 bits per heavy atom. The molecule has 7 nitrogen and oxygen atoms in total. The Labute approximate surface area is 163 Å². The quantitative estimate of drug-likeness (QED) is 0.604. The maximum absolute atomic E-state index is 13.0. The summed E-state index contributed by atoms with van der Waals surface area (Å²) in [5, 5.41) is 11.2. The SMILES string of the molecule is CCOC(=O)C1(C(=O)OCC)ON(O)C(c2ccccc2)C1c1ccccc1. The zero-order valence-electron chi connectivity index (χ0n) is 15.8. The van der Waals surface area contributed by atoms with Gasteiger partial charge in [-0.15, -0.1) is 0 Å². The van der Waals surface area contributed by atoms with E-state index < -0.39 is 29.5 Å². The highest BCUT2D eigenvalue weighted by molar-refractivity contribution is 6.05. The summed E-state index contributed by atoms with van der Waals surface area (Å²) >= 11 is 0. The zero-order chi connectivity index (χ0) is 20.1. The van der Waals surface area contributed by atoms with Gasteiger partial charge in [0.1, 0.15) is 0 Å². The van der Waals surface area contributed by atoms with Gasteiger partial charge in [-0.25, -0.2) is 14.4 Å². The van der Waals surface area contributed by atoms with Crippen molar-refractivity contribution in [2.45, 2.75) is 31.4 Å². The second-order valence-electron chi connectivity index (χ2n) is 6.31. The van der Waals surface area contributed by atoms with Crippen LogP contribution in [0.3, 0.4) is 0 Å². The molecule has 0 aromatic heterocycles. The van der Waals surface area contributed by atoms with E-state index in [9.17, 15) is 14.8 Å². The predicted molar refractivity (Wildman–Crippen MR) is 99.1 cm³/mol. The summed E-state index contributed by atoms with van der Waals surface area (Å²) in [5.41, 5.74) is -0.855. The fraction of sp³-hybridized carbons (Fsp3) is 0.333. The van der Waals surface area contributed by atoms with Gasteiger partial charge in [-0.1, -0.05) is 65.9 Å². The van der Waals surface area contributed by atoms with Crippen LogP contribution in [0.25, 0.3) is 0 Å². The number of carbonyl (C=O) groups excluding carboxylic acids is 2. The number of carbonyl (C=O) groups is 2. The van der Waals surface area contributed by atoms with Crippen LogP contribution in [0.15, 0.2) is 60.7 Å². The van der Waals surface area contributed by atoms with E-state index in [4.69, 9.17) is 14.3 Å². The first-order valence-electron chi connectivity index (χ1n) is 9.17. The second kappa shape index (κ2) is 8.52. The largest absolute Gasteiger partial charge is 0.463 e. The maximum Gasteiger partial charge on any atom is 0.353 e. The first-order valence-corrected chi connectivity index (χ1v) is 9.17. The molecule has 1 heterocycles. The summed E-state index contributed by atoms with van der Waals surface area (Å²) in [5.74, 6) is -2.70. The van der Waals surface area contributed by atoms with Gasteiger partial charge in [-0.3, -0.25) is 5.21 Å². The van der Waals surface area contributed by atoms with Gasteiger partial charge in [0.2, 0.25) is 0 Å². The van der Waals surface area contributed by atoms with Crippen molar-refractivity contribution in [3.8, 4) is 0 Å². The number of hydrogen-bond donors (Lipinski definition) is 1. The van der Waals surface area contributed by atoms with E-state index in [2.05, 4.69) is 0 Å². The third-order valence-corrected chi connectivity index (χ3v) is 4.69. The Balaban J connectivity index is 2.21. The normalized spacial score (nSPS) is 21.2. The molecule has 0 spiro atoms. The Morgan fingerprint density at radius 1 is 0.929 bits per heavy atom. The molecule has 7 heteroatoms. The number of benzene rings is 2. The van der Waals surface area contributed by atoms with Gasteiger partial charge in [-0.05, 0) is 25.0 Å². The van der Waals surface area contributed by atoms with E-state index in [1.807, 2.05) is 12.1 Å². The Bertz CT molecular complexity index is 792. The molecule has 2 atom stereocenters. The van der Waals surface area contributed by atoms with E-state index in [1.54, 1.807) is 62.4 Å². The Morgan fingerprint density at radius 3 is 1.86 bits per heavy atom. The van der Waals surface area contributed by atoms with Gasteiger partial charge < -0.3 is 9.47 Å². The smallest absolute Gasteiger partial charge is 0.353 e. The van der Waals surface area contributed by atoms with Crippen molar-refractivity contribution in [2.75, 3.05) is 13.2 Å². The van der Waals surface area contributed by atoms with E-state index in [-0.39, 0.29) is 13.2 Å². The number of nitrogens with zero attached hydrogens (tertiary/aromatic N) is 1. The van der Waals surface area contributed by atoms with Crippen LogP contribution in [0.1, 0.15) is 36.9 Å². The Kier molecular flexibility index (Phi) is 6.08. The minimum atomic E-state index is -2.16. The molecule has 1 N–H and O–H groups in total. The molecule has 2 unspecified atom stereocenters.